The molecule has 2 aromatic carbocycles. The Morgan fingerprint density at radius 3 is 2.60 bits per heavy atom. The highest BCUT2D eigenvalue weighted by atomic mass is 19.4. The van der Waals surface area contributed by atoms with Crippen LogP contribution in [0.15, 0.2) is 30.3 Å². The third-order valence-corrected chi connectivity index (χ3v) is 5.33. The van der Waals surface area contributed by atoms with Crippen LogP contribution in [0, 0.1) is 20.8 Å². The Balaban J connectivity index is 1.61. The predicted molar refractivity (Wildman–Crippen MR) is 111 cm³/mol. The minimum absolute atomic E-state index is 0.156. The molecule has 2 aromatic heterocycles. The number of nitrogens with one attached hydrogen (secondary N) is 2. The van der Waals surface area contributed by atoms with Gasteiger partial charge in [-0.15, -0.1) is 0 Å². The van der Waals surface area contributed by atoms with E-state index in [2.05, 4.69) is 21.4 Å². The van der Waals surface area contributed by atoms with Gasteiger partial charge in [0.15, 0.2) is 0 Å². The molecule has 0 aliphatic rings. The van der Waals surface area contributed by atoms with Crippen molar-refractivity contribution >= 4 is 33.5 Å². The summed E-state index contributed by atoms with van der Waals surface area (Å²) in [6, 6.07) is 8.70. The average molecular weight is 414 g/mol. The number of amides is 1. The molecule has 5 nitrogen and oxygen atoms in total. The number of carbonyl (C=O) groups excluding carboxylic acids is 1. The Hall–Kier alpha value is -3.29. The van der Waals surface area contributed by atoms with Crippen LogP contribution in [0.1, 0.15) is 28.2 Å². The Labute approximate surface area is 170 Å². The highest BCUT2D eigenvalue weighted by molar-refractivity contribution is 5.98. The second kappa shape index (κ2) is 6.90. The summed E-state index contributed by atoms with van der Waals surface area (Å²) in [6.07, 6.45) is -4.39. The highest BCUT2D eigenvalue weighted by Gasteiger charge is 2.36. The van der Waals surface area contributed by atoms with Gasteiger partial charge >= 0.3 is 6.18 Å². The number of hydrogen-bond donors (Lipinski definition) is 2. The van der Waals surface area contributed by atoms with Gasteiger partial charge in [-0.1, -0.05) is 11.6 Å². The van der Waals surface area contributed by atoms with Crippen molar-refractivity contribution in [3.05, 3.63) is 58.5 Å². The summed E-state index contributed by atoms with van der Waals surface area (Å²) in [6.45, 7) is 5.96. The Morgan fingerprint density at radius 1 is 1.17 bits per heavy atom. The fraction of sp³-hybridized carbons (Fsp3) is 0.273. The van der Waals surface area contributed by atoms with Crippen LogP contribution >= 0.6 is 0 Å². The van der Waals surface area contributed by atoms with E-state index in [4.69, 9.17) is 0 Å². The van der Waals surface area contributed by atoms with Crippen LogP contribution < -0.4 is 5.32 Å². The zero-order valence-electron chi connectivity index (χ0n) is 17.0. The van der Waals surface area contributed by atoms with Crippen LogP contribution in [-0.4, -0.2) is 20.4 Å². The van der Waals surface area contributed by atoms with Crippen molar-refractivity contribution in [1.82, 2.24) is 14.5 Å². The van der Waals surface area contributed by atoms with Crippen LogP contribution in [0.2, 0.25) is 0 Å². The number of rotatable bonds is 3. The lowest BCUT2D eigenvalue weighted by Gasteiger charge is -2.07. The van der Waals surface area contributed by atoms with Gasteiger partial charge in [-0.2, -0.15) is 13.2 Å². The summed E-state index contributed by atoms with van der Waals surface area (Å²) in [5.41, 5.74) is 5.99. The number of imidazole rings is 1. The molecule has 0 bridgehead atoms. The van der Waals surface area contributed by atoms with Gasteiger partial charge in [-0.25, -0.2) is 4.98 Å². The minimum Gasteiger partial charge on any atom is -0.358 e. The highest BCUT2D eigenvalue weighted by Crippen LogP contribution is 2.32. The number of hydrogen-bond acceptors (Lipinski definition) is 2. The van der Waals surface area contributed by atoms with Gasteiger partial charge in [0, 0.05) is 29.3 Å². The van der Waals surface area contributed by atoms with Gasteiger partial charge < -0.3 is 14.9 Å². The predicted octanol–water partition coefficient (Wildman–Crippen LogP) is 5.18. The number of aromatic nitrogens is 3. The molecule has 0 fully saturated rings. The van der Waals surface area contributed by atoms with Crippen molar-refractivity contribution < 1.29 is 18.0 Å². The number of nitrogens with zero attached hydrogens (tertiary/aromatic N) is 2. The molecule has 8 heteroatoms. The van der Waals surface area contributed by atoms with Crippen molar-refractivity contribution in [1.29, 1.82) is 0 Å². The number of H-pyrrole nitrogens is 1. The molecule has 0 atom stereocenters. The average Bonchev–Trinajstić information content (AvgIpc) is 3.13. The third kappa shape index (κ3) is 3.42. The smallest absolute Gasteiger partial charge is 0.358 e. The van der Waals surface area contributed by atoms with Crippen LogP contribution in [0.5, 0.6) is 0 Å². The number of benzene rings is 2. The second-order valence-electron chi connectivity index (χ2n) is 7.65. The first-order chi connectivity index (χ1) is 14.0. The summed E-state index contributed by atoms with van der Waals surface area (Å²) in [5, 5.41) is 3.79. The summed E-state index contributed by atoms with van der Waals surface area (Å²) < 4.78 is 40.2. The maximum Gasteiger partial charge on any atom is 0.449 e. The summed E-state index contributed by atoms with van der Waals surface area (Å²) >= 11 is 0. The number of carbonyl (C=O) groups is 1. The van der Waals surface area contributed by atoms with E-state index >= 15 is 0 Å². The molecule has 0 aliphatic heterocycles. The number of anilines is 1. The van der Waals surface area contributed by atoms with Crippen LogP contribution in [0.25, 0.3) is 21.9 Å². The first-order valence-corrected chi connectivity index (χ1v) is 9.46. The molecule has 0 radical (unpaired) electrons. The van der Waals surface area contributed by atoms with Crippen molar-refractivity contribution in [3.63, 3.8) is 0 Å². The van der Waals surface area contributed by atoms with Gasteiger partial charge in [-0.05, 0) is 56.2 Å². The quantitative estimate of drug-likeness (QED) is 0.485. The topological polar surface area (TPSA) is 62.7 Å². The molecule has 0 unspecified atom stereocenters. The molecule has 1 amide bonds. The van der Waals surface area contributed by atoms with E-state index in [1.807, 2.05) is 26.8 Å². The van der Waals surface area contributed by atoms with Gasteiger partial charge in [0.2, 0.25) is 11.7 Å². The molecule has 4 aromatic rings. The summed E-state index contributed by atoms with van der Waals surface area (Å²) in [5.74, 6) is -1.22. The number of fused-ring (bicyclic) bond motifs is 2. The maximum atomic E-state index is 13.1. The molecule has 0 saturated heterocycles. The van der Waals surface area contributed by atoms with Crippen molar-refractivity contribution in [2.24, 2.45) is 7.05 Å². The molecule has 2 N–H and O–H groups in total. The van der Waals surface area contributed by atoms with Crippen LogP contribution in [-0.2, 0) is 24.4 Å². The standard InChI is InChI=1S/C22H21F3N4O/c1-11-7-12(2)20-16(8-11)15(13(3)26-20)10-19(30)27-14-5-6-18-17(9-14)28-21(29(18)4)22(23,24)25/h5-9,26H,10H2,1-4H3,(H,27,30). The fourth-order valence-electron chi connectivity index (χ4n) is 3.96. The van der Waals surface area contributed by atoms with Crippen molar-refractivity contribution in [3.8, 4) is 0 Å². The summed E-state index contributed by atoms with van der Waals surface area (Å²) in [4.78, 5) is 19.7. The maximum absolute atomic E-state index is 13.1. The normalized spacial score (nSPS) is 12.1. The first-order valence-electron chi connectivity index (χ1n) is 9.46. The lowest BCUT2D eigenvalue weighted by molar-refractivity contribution is -0.146. The SMILES string of the molecule is Cc1cc(C)c2[nH]c(C)c(CC(=O)Nc3ccc4c(c3)nc(C(F)(F)F)n4C)c2c1. The van der Waals surface area contributed by atoms with Gasteiger partial charge in [0.05, 0.1) is 17.5 Å². The van der Waals surface area contributed by atoms with Gasteiger partial charge in [0.25, 0.3) is 0 Å². The number of aromatic amines is 1. The molecule has 0 saturated carbocycles. The molecule has 0 spiro atoms. The van der Waals surface area contributed by atoms with E-state index in [0.717, 1.165) is 37.9 Å². The molecule has 30 heavy (non-hydrogen) atoms. The zero-order chi connectivity index (χ0) is 21.8. The lowest BCUT2D eigenvalue weighted by Crippen LogP contribution is -2.14. The molecular weight excluding hydrogens is 393 g/mol. The Morgan fingerprint density at radius 2 is 1.90 bits per heavy atom. The zero-order valence-corrected chi connectivity index (χ0v) is 17.0. The van der Waals surface area contributed by atoms with Crippen LogP contribution in [0.3, 0.4) is 0 Å². The Kier molecular flexibility index (Phi) is 4.60. The Bertz CT molecular complexity index is 1300. The largest absolute Gasteiger partial charge is 0.449 e. The monoisotopic (exact) mass is 414 g/mol. The van der Waals surface area contributed by atoms with E-state index in [-0.39, 0.29) is 17.8 Å². The molecule has 0 aliphatic carbocycles. The van der Waals surface area contributed by atoms with Gasteiger partial charge in [0.1, 0.15) is 0 Å². The summed E-state index contributed by atoms with van der Waals surface area (Å²) in [7, 11) is 1.32. The second-order valence-corrected chi connectivity index (χ2v) is 7.65. The number of aryl methyl sites for hydroxylation is 4. The van der Waals surface area contributed by atoms with Crippen molar-refractivity contribution in [2.45, 2.75) is 33.4 Å². The molecule has 2 heterocycles. The van der Waals surface area contributed by atoms with Crippen molar-refractivity contribution in [2.75, 3.05) is 5.32 Å². The van der Waals surface area contributed by atoms with E-state index in [1.165, 1.54) is 19.2 Å². The van der Waals surface area contributed by atoms with E-state index < -0.39 is 12.0 Å². The van der Waals surface area contributed by atoms with Gasteiger partial charge in [-0.3, -0.25) is 4.79 Å². The van der Waals surface area contributed by atoms with Crippen LogP contribution in [0.4, 0.5) is 18.9 Å². The molecule has 4 rings (SSSR count). The number of alkyl halides is 3. The number of halogens is 3. The fourth-order valence-corrected chi connectivity index (χ4v) is 3.96. The van der Waals surface area contributed by atoms with E-state index in [0.29, 0.717) is 11.2 Å². The van der Waals surface area contributed by atoms with E-state index in [1.54, 1.807) is 6.07 Å². The molecule has 156 valence electrons. The first kappa shape index (κ1) is 20.0. The third-order valence-electron chi connectivity index (χ3n) is 5.33. The minimum atomic E-state index is -4.54. The van der Waals surface area contributed by atoms with E-state index in [9.17, 15) is 18.0 Å². The lowest BCUT2D eigenvalue weighted by atomic mass is 10.0. The molecular formula is C22H21F3N4O.